The van der Waals surface area contributed by atoms with Gasteiger partial charge >= 0.3 is 0 Å². The first-order chi connectivity index (χ1) is 11.6. The molecule has 3 nitrogen and oxygen atoms in total. The summed E-state index contributed by atoms with van der Waals surface area (Å²) in [4.78, 5) is 36.4. The number of hydrogen-bond donors (Lipinski definition) is 0. The van der Waals surface area contributed by atoms with Crippen LogP contribution in [0.5, 0.6) is 0 Å². The third-order valence-corrected chi connectivity index (χ3v) is 10.3. The maximum atomic E-state index is 12.2. The highest BCUT2D eigenvalue weighted by Gasteiger charge is 2.66. The maximum Gasteiger partial charge on any atom is 0.221 e. The summed E-state index contributed by atoms with van der Waals surface area (Å²) >= 11 is 4.15. The zero-order valence-electron chi connectivity index (χ0n) is 15.4. The topological polar surface area (TPSA) is 51.2 Å². The quantitative estimate of drug-likeness (QED) is 0.478. The Hall–Kier alpha value is -0.770. The van der Waals surface area contributed by atoms with Gasteiger partial charge in [0.25, 0.3) is 0 Å². The van der Waals surface area contributed by atoms with Gasteiger partial charge in [0.2, 0.25) is 11.6 Å². The van der Waals surface area contributed by atoms with Crippen LogP contribution in [-0.4, -0.2) is 21.7 Å². The molecule has 0 amide bonds. The van der Waals surface area contributed by atoms with E-state index in [9.17, 15) is 14.4 Å². The van der Waals surface area contributed by atoms with E-state index in [0.717, 1.165) is 44.1 Å². The lowest BCUT2D eigenvalue weighted by atomic mass is 9.46. The number of alkyl halides is 1. The Morgan fingerprint density at radius 2 is 1.84 bits per heavy atom. The third-order valence-electron chi connectivity index (χ3n) is 8.45. The van der Waals surface area contributed by atoms with Gasteiger partial charge in [-0.15, -0.1) is 0 Å². The Morgan fingerprint density at radius 1 is 1.12 bits per heavy atom. The number of ketones is 3. The van der Waals surface area contributed by atoms with Gasteiger partial charge in [-0.1, -0.05) is 35.4 Å². The molecule has 0 unspecified atom stereocenters. The Balaban J connectivity index is 1.76. The number of fused-ring (bicyclic) bond motifs is 5. The number of carbonyl (C=O) groups excluding carboxylic acids is 3. The Morgan fingerprint density at radius 3 is 2.52 bits per heavy atom. The first-order valence-corrected chi connectivity index (χ1v) is 10.4. The van der Waals surface area contributed by atoms with Crippen molar-refractivity contribution in [2.75, 3.05) is 0 Å². The highest BCUT2D eigenvalue weighted by Crippen LogP contribution is 2.70. The van der Waals surface area contributed by atoms with E-state index in [1.165, 1.54) is 0 Å². The summed E-state index contributed by atoms with van der Waals surface area (Å²) in [5.41, 5.74) is 0.992. The molecule has 4 heteroatoms. The van der Waals surface area contributed by atoms with Crippen molar-refractivity contribution in [2.45, 2.75) is 70.0 Å². The zero-order chi connectivity index (χ0) is 18.2. The van der Waals surface area contributed by atoms with Crippen molar-refractivity contribution in [1.82, 2.24) is 0 Å². The first kappa shape index (κ1) is 17.6. The van der Waals surface area contributed by atoms with Gasteiger partial charge in [-0.2, -0.15) is 0 Å². The molecular weight excluding hydrogens is 380 g/mol. The summed E-state index contributed by atoms with van der Waals surface area (Å²) in [6.07, 6.45) is 8.04. The van der Waals surface area contributed by atoms with Crippen molar-refractivity contribution in [3.63, 3.8) is 0 Å². The molecule has 4 aliphatic carbocycles. The van der Waals surface area contributed by atoms with Crippen LogP contribution < -0.4 is 0 Å². The molecule has 4 rings (SSSR count). The minimum atomic E-state index is -0.319. The average Bonchev–Trinajstić information content (AvgIpc) is 2.88. The predicted molar refractivity (Wildman–Crippen MR) is 99.4 cm³/mol. The monoisotopic (exact) mass is 406 g/mol. The fraction of sp³-hybridized carbons (Fsp3) is 0.762. The smallest absolute Gasteiger partial charge is 0.221 e. The molecule has 25 heavy (non-hydrogen) atoms. The van der Waals surface area contributed by atoms with Crippen LogP contribution >= 0.6 is 15.9 Å². The summed E-state index contributed by atoms with van der Waals surface area (Å²) < 4.78 is -0.129. The third kappa shape index (κ3) is 2.12. The fourth-order valence-electron chi connectivity index (χ4n) is 7.02. The van der Waals surface area contributed by atoms with Gasteiger partial charge in [0.05, 0.1) is 0 Å². The first-order valence-electron chi connectivity index (χ1n) is 9.61. The van der Waals surface area contributed by atoms with E-state index in [-0.39, 0.29) is 32.6 Å². The zero-order valence-corrected chi connectivity index (χ0v) is 16.9. The molecule has 0 spiro atoms. The molecule has 0 bridgehead atoms. The van der Waals surface area contributed by atoms with Crippen molar-refractivity contribution in [3.8, 4) is 0 Å². The Kier molecular flexibility index (Phi) is 3.79. The van der Waals surface area contributed by atoms with E-state index in [1.54, 1.807) is 13.0 Å². The SMILES string of the molecule is CC(=O)[C@H]1CC[C@H]2[C@@H]3CCC4=CC(=O)C(=O)C[C@]4(C)[C@@]3(Br)CC[C@]12C. The molecule has 6 atom stereocenters. The van der Waals surface area contributed by atoms with Crippen molar-refractivity contribution in [1.29, 1.82) is 0 Å². The summed E-state index contributed by atoms with van der Waals surface area (Å²) in [7, 11) is 0. The number of Topliss-reactive ketones (excluding diaryl/α,β-unsaturated/α-hetero) is 2. The Bertz CT molecular complexity index is 710. The average molecular weight is 407 g/mol. The van der Waals surface area contributed by atoms with Crippen LogP contribution in [-0.2, 0) is 14.4 Å². The summed E-state index contributed by atoms with van der Waals surface area (Å²) in [5, 5.41) is 0. The van der Waals surface area contributed by atoms with E-state index in [4.69, 9.17) is 0 Å². The van der Waals surface area contributed by atoms with Crippen molar-refractivity contribution < 1.29 is 14.4 Å². The van der Waals surface area contributed by atoms with E-state index < -0.39 is 0 Å². The Labute approximate surface area is 158 Å². The molecule has 0 aromatic carbocycles. The highest BCUT2D eigenvalue weighted by atomic mass is 79.9. The van der Waals surface area contributed by atoms with E-state index >= 15 is 0 Å². The molecule has 0 aromatic heterocycles. The lowest BCUT2D eigenvalue weighted by molar-refractivity contribution is -0.137. The second kappa shape index (κ2) is 5.37. The minimum Gasteiger partial charge on any atom is -0.300 e. The van der Waals surface area contributed by atoms with Gasteiger partial charge in [0.15, 0.2) is 0 Å². The van der Waals surface area contributed by atoms with E-state index in [2.05, 4.69) is 29.8 Å². The molecule has 3 saturated carbocycles. The van der Waals surface area contributed by atoms with Gasteiger partial charge < -0.3 is 0 Å². The minimum absolute atomic E-state index is 0.0971. The molecule has 0 heterocycles. The number of allylic oxidation sites excluding steroid dienone is 1. The molecule has 3 fully saturated rings. The summed E-state index contributed by atoms with van der Waals surface area (Å²) in [6.45, 7) is 6.26. The lowest BCUT2D eigenvalue weighted by Gasteiger charge is -2.62. The van der Waals surface area contributed by atoms with Crippen molar-refractivity contribution in [3.05, 3.63) is 11.6 Å². The fourth-order valence-corrected chi connectivity index (χ4v) is 8.16. The van der Waals surface area contributed by atoms with Crippen LogP contribution in [0, 0.1) is 28.6 Å². The molecular formula is C21H27BrO3. The molecule has 0 saturated heterocycles. The van der Waals surface area contributed by atoms with Gasteiger partial charge in [-0.05, 0) is 68.8 Å². The van der Waals surface area contributed by atoms with E-state index in [1.807, 2.05) is 0 Å². The van der Waals surface area contributed by atoms with Crippen LogP contribution in [0.3, 0.4) is 0 Å². The second-order valence-corrected chi connectivity index (χ2v) is 10.7. The van der Waals surface area contributed by atoms with Crippen molar-refractivity contribution in [2.24, 2.45) is 28.6 Å². The second-order valence-electron chi connectivity index (χ2n) is 9.33. The molecule has 0 aromatic rings. The molecule has 0 N–H and O–H groups in total. The number of rotatable bonds is 1. The van der Waals surface area contributed by atoms with Crippen LogP contribution in [0.25, 0.3) is 0 Å². The predicted octanol–water partition coefficient (Wildman–Crippen LogP) is 4.42. The number of hydrogen-bond acceptors (Lipinski definition) is 3. The van der Waals surface area contributed by atoms with Crippen LogP contribution in [0.2, 0.25) is 0 Å². The van der Waals surface area contributed by atoms with E-state index in [0.29, 0.717) is 24.0 Å². The summed E-state index contributed by atoms with van der Waals surface area (Å²) in [5.74, 6) is 0.966. The van der Waals surface area contributed by atoms with Crippen LogP contribution in [0.4, 0.5) is 0 Å². The molecule has 0 radical (unpaired) electrons. The lowest BCUT2D eigenvalue weighted by Crippen LogP contribution is -2.60. The molecule has 136 valence electrons. The maximum absolute atomic E-state index is 12.2. The number of carbonyl (C=O) groups is 3. The molecule has 0 aliphatic heterocycles. The standard InChI is InChI=1S/C21H27BrO3/c1-12(23)14-6-7-15-16-5-4-13-10-17(24)18(25)11-20(13,3)21(16,22)9-8-19(14,15)2/h10,14-16H,4-9,11H2,1-3H3/t14-,15+,16+,19-,20+,21-/m1/s1. The van der Waals surface area contributed by atoms with Gasteiger partial charge in [-0.3, -0.25) is 14.4 Å². The van der Waals surface area contributed by atoms with Gasteiger partial charge in [0.1, 0.15) is 5.78 Å². The van der Waals surface area contributed by atoms with Gasteiger partial charge in [-0.25, -0.2) is 0 Å². The van der Waals surface area contributed by atoms with Crippen molar-refractivity contribution >= 4 is 33.3 Å². The molecule has 4 aliphatic rings. The van der Waals surface area contributed by atoms with Crippen LogP contribution in [0.15, 0.2) is 11.6 Å². The van der Waals surface area contributed by atoms with Gasteiger partial charge in [0, 0.05) is 22.1 Å². The largest absolute Gasteiger partial charge is 0.300 e. The highest BCUT2D eigenvalue weighted by molar-refractivity contribution is 9.10. The van der Waals surface area contributed by atoms with Crippen LogP contribution in [0.1, 0.15) is 65.7 Å². The summed E-state index contributed by atoms with van der Waals surface area (Å²) in [6, 6.07) is 0. The number of halogens is 1. The normalized spacial score (nSPS) is 49.1.